The summed E-state index contributed by atoms with van der Waals surface area (Å²) in [5.41, 5.74) is 0.284. The molecule has 0 aromatic carbocycles. The van der Waals surface area contributed by atoms with Gasteiger partial charge in [-0.3, -0.25) is 4.79 Å². The largest absolute Gasteiger partial charge is 0.480 e. The number of nitrogens with one attached hydrogen (secondary N) is 1. The molecule has 0 saturated heterocycles. The van der Waals surface area contributed by atoms with Crippen LogP contribution in [0.3, 0.4) is 0 Å². The van der Waals surface area contributed by atoms with E-state index >= 15 is 0 Å². The molecule has 0 spiro atoms. The summed E-state index contributed by atoms with van der Waals surface area (Å²) in [4.78, 5) is 22.6. The minimum atomic E-state index is -1.07. The fourth-order valence-electron chi connectivity index (χ4n) is 1.16. The van der Waals surface area contributed by atoms with Gasteiger partial charge in [0.05, 0.1) is 18.0 Å². The monoisotopic (exact) mass is 235 g/mol. The maximum atomic E-state index is 11.7. The van der Waals surface area contributed by atoms with Gasteiger partial charge in [-0.15, -0.1) is 0 Å². The van der Waals surface area contributed by atoms with Crippen LogP contribution in [0.2, 0.25) is 0 Å². The number of rotatable bonds is 5. The Balaban J connectivity index is 2.68. The Morgan fingerprint density at radius 2 is 2.29 bits per heavy atom. The van der Waals surface area contributed by atoms with Gasteiger partial charge in [-0.05, 0) is 19.4 Å². The standard InChI is InChI=1S/C11H13N3O3/c1-2-3-4-9(11(16)17)14-10(15)8-5-6-12-13-7-8/h2-3,5-7,9H,4H2,1H3,(H,14,15)(H,16,17)/b3-2+. The molecule has 1 atom stereocenters. The van der Waals surface area contributed by atoms with E-state index in [0.717, 1.165) is 0 Å². The topological polar surface area (TPSA) is 92.2 Å². The molecule has 6 nitrogen and oxygen atoms in total. The maximum Gasteiger partial charge on any atom is 0.326 e. The molecule has 1 aromatic heterocycles. The zero-order chi connectivity index (χ0) is 12.7. The number of allylic oxidation sites excluding steroid dienone is 1. The fraction of sp³-hybridized carbons (Fsp3) is 0.273. The molecule has 0 aliphatic heterocycles. The SMILES string of the molecule is C/C=C/CC(NC(=O)c1ccnnc1)C(=O)O. The number of carboxylic acid groups (broad SMARTS) is 1. The summed E-state index contributed by atoms with van der Waals surface area (Å²) in [6.45, 7) is 1.79. The van der Waals surface area contributed by atoms with E-state index in [9.17, 15) is 9.59 Å². The summed E-state index contributed by atoms with van der Waals surface area (Å²) >= 11 is 0. The van der Waals surface area contributed by atoms with E-state index in [1.807, 2.05) is 0 Å². The van der Waals surface area contributed by atoms with Crippen LogP contribution < -0.4 is 5.32 Å². The molecule has 0 aliphatic carbocycles. The first-order valence-electron chi connectivity index (χ1n) is 5.06. The predicted octanol–water partition coefficient (Wildman–Crippen LogP) is 0.626. The summed E-state index contributed by atoms with van der Waals surface area (Å²) in [5.74, 6) is -1.55. The lowest BCUT2D eigenvalue weighted by Gasteiger charge is -2.12. The van der Waals surface area contributed by atoms with Crippen LogP contribution in [0, 0.1) is 0 Å². The molecule has 0 bridgehead atoms. The van der Waals surface area contributed by atoms with Gasteiger partial charge in [0.25, 0.3) is 5.91 Å². The van der Waals surface area contributed by atoms with E-state index in [2.05, 4.69) is 15.5 Å². The highest BCUT2D eigenvalue weighted by molar-refractivity contribution is 5.96. The minimum absolute atomic E-state index is 0.246. The number of aromatic nitrogens is 2. The lowest BCUT2D eigenvalue weighted by atomic mass is 10.2. The third kappa shape index (κ3) is 4.02. The number of carboxylic acids is 1. The average molecular weight is 235 g/mol. The number of carbonyl (C=O) groups is 2. The highest BCUT2D eigenvalue weighted by Crippen LogP contribution is 1.99. The van der Waals surface area contributed by atoms with Crippen molar-refractivity contribution in [3.8, 4) is 0 Å². The number of hydrogen-bond donors (Lipinski definition) is 2. The Hall–Kier alpha value is -2.24. The molecule has 90 valence electrons. The van der Waals surface area contributed by atoms with Crippen LogP contribution in [0.25, 0.3) is 0 Å². The van der Waals surface area contributed by atoms with Crippen LogP contribution in [0.1, 0.15) is 23.7 Å². The van der Waals surface area contributed by atoms with Crippen molar-refractivity contribution in [2.75, 3.05) is 0 Å². The van der Waals surface area contributed by atoms with E-state index in [4.69, 9.17) is 5.11 Å². The summed E-state index contributed by atoms with van der Waals surface area (Å²) in [7, 11) is 0. The fourth-order valence-corrected chi connectivity index (χ4v) is 1.16. The zero-order valence-corrected chi connectivity index (χ0v) is 9.33. The van der Waals surface area contributed by atoms with Gasteiger partial charge in [-0.1, -0.05) is 12.2 Å². The lowest BCUT2D eigenvalue weighted by Crippen LogP contribution is -2.40. The van der Waals surface area contributed by atoms with E-state index in [-0.39, 0.29) is 12.0 Å². The molecule has 1 amide bonds. The van der Waals surface area contributed by atoms with Gasteiger partial charge in [0, 0.05) is 0 Å². The predicted molar refractivity (Wildman–Crippen MR) is 60.4 cm³/mol. The Morgan fingerprint density at radius 3 is 2.82 bits per heavy atom. The van der Waals surface area contributed by atoms with Crippen molar-refractivity contribution < 1.29 is 14.7 Å². The number of nitrogens with zero attached hydrogens (tertiary/aromatic N) is 2. The first-order valence-corrected chi connectivity index (χ1v) is 5.06. The molecule has 1 rings (SSSR count). The molecule has 1 heterocycles. The molecule has 1 aromatic rings. The molecular formula is C11H13N3O3. The number of aliphatic carboxylic acids is 1. The smallest absolute Gasteiger partial charge is 0.326 e. The minimum Gasteiger partial charge on any atom is -0.480 e. The normalized spacial score (nSPS) is 12.3. The Labute approximate surface area is 98.4 Å². The first-order chi connectivity index (χ1) is 8.15. The first kappa shape index (κ1) is 12.8. The molecule has 17 heavy (non-hydrogen) atoms. The molecule has 1 unspecified atom stereocenters. The third-order valence-electron chi connectivity index (χ3n) is 2.06. The quantitative estimate of drug-likeness (QED) is 0.730. The molecular weight excluding hydrogens is 222 g/mol. The van der Waals surface area contributed by atoms with Crippen molar-refractivity contribution in [3.05, 3.63) is 36.2 Å². The van der Waals surface area contributed by atoms with Crippen LogP contribution in [0.5, 0.6) is 0 Å². The average Bonchev–Trinajstić information content (AvgIpc) is 2.35. The number of carbonyl (C=O) groups excluding carboxylic acids is 1. The Morgan fingerprint density at radius 1 is 1.53 bits per heavy atom. The van der Waals surface area contributed by atoms with E-state index in [1.165, 1.54) is 18.5 Å². The number of hydrogen-bond acceptors (Lipinski definition) is 4. The van der Waals surface area contributed by atoms with Gasteiger partial charge in [-0.25, -0.2) is 4.79 Å². The highest BCUT2D eigenvalue weighted by Gasteiger charge is 2.19. The Kier molecular flexibility index (Phi) is 4.80. The van der Waals surface area contributed by atoms with E-state index < -0.39 is 17.9 Å². The van der Waals surface area contributed by atoms with Crippen molar-refractivity contribution in [1.82, 2.24) is 15.5 Å². The molecule has 0 aliphatic rings. The van der Waals surface area contributed by atoms with Crippen LogP contribution >= 0.6 is 0 Å². The second-order valence-corrected chi connectivity index (χ2v) is 3.30. The molecule has 2 N–H and O–H groups in total. The highest BCUT2D eigenvalue weighted by atomic mass is 16.4. The summed E-state index contributed by atoms with van der Waals surface area (Å²) in [5, 5.41) is 18.4. The second-order valence-electron chi connectivity index (χ2n) is 3.30. The van der Waals surface area contributed by atoms with Gasteiger partial charge >= 0.3 is 5.97 Å². The van der Waals surface area contributed by atoms with Crippen molar-refractivity contribution in [1.29, 1.82) is 0 Å². The van der Waals surface area contributed by atoms with Gasteiger partial charge in [0.1, 0.15) is 6.04 Å². The third-order valence-corrected chi connectivity index (χ3v) is 2.06. The van der Waals surface area contributed by atoms with E-state index in [1.54, 1.807) is 19.1 Å². The van der Waals surface area contributed by atoms with Gasteiger partial charge in [0.2, 0.25) is 0 Å². The van der Waals surface area contributed by atoms with Crippen LogP contribution in [0.4, 0.5) is 0 Å². The molecule has 0 fully saturated rings. The van der Waals surface area contributed by atoms with Crippen molar-refractivity contribution in [2.45, 2.75) is 19.4 Å². The molecule has 6 heteroatoms. The summed E-state index contributed by atoms with van der Waals surface area (Å²) in [6.07, 6.45) is 6.32. The zero-order valence-electron chi connectivity index (χ0n) is 9.33. The number of amides is 1. The van der Waals surface area contributed by atoms with Crippen LogP contribution in [-0.2, 0) is 4.79 Å². The molecule has 0 radical (unpaired) electrons. The summed E-state index contributed by atoms with van der Waals surface area (Å²) < 4.78 is 0. The van der Waals surface area contributed by atoms with Crippen molar-refractivity contribution in [3.63, 3.8) is 0 Å². The maximum absolute atomic E-state index is 11.7. The van der Waals surface area contributed by atoms with Crippen LogP contribution in [-0.4, -0.2) is 33.2 Å². The van der Waals surface area contributed by atoms with Gasteiger partial charge < -0.3 is 10.4 Å². The Bertz CT molecular complexity index is 417. The summed E-state index contributed by atoms with van der Waals surface area (Å²) in [6, 6.07) is 0.531. The van der Waals surface area contributed by atoms with Gasteiger partial charge in [-0.2, -0.15) is 10.2 Å². The van der Waals surface area contributed by atoms with Crippen LogP contribution in [0.15, 0.2) is 30.6 Å². The lowest BCUT2D eigenvalue weighted by molar-refractivity contribution is -0.139. The van der Waals surface area contributed by atoms with Crippen molar-refractivity contribution >= 4 is 11.9 Å². The van der Waals surface area contributed by atoms with E-state index in [0.29, 0.717) is 0 Å². The van der Waals surface area contributed by atoms with Crippen molar-refractivity contribution in [2.24, 2.45) is 0 Å². The second kappa shape index (κ2) is 6.37. The molecule has 0 saturated carbocycles. The van der Waals surface area contributed by atoms with Gasteiger partial charge in [0.15, 0.2) is 0 Å².